The van der Waals surface area contributed by atoms with Gasteiger partial charge < -0.3 is 8.98 Å². The molecule has 4 aromatic rings. The Bertz CT molecular complexity index is 1130. The molecule has 0 bridgehead atoms. The first-order valence-corrected chi connectivity index (χ1v) is 7.21. The molecule has 0 spiro atoms. The van der Waals surface area contributed by atoms with Gasteiger partial charge in [0.15, 0.2) is 0 Å². The van der Waals surface area contributed by atoms with Gasteiger partial charge >= 0.3 is 0 Å². The number of hydrogen-bond donors (Lipinski definition) is 0. The Morgan fingerprint density at radius 2 is 1.88 bits per heavy atom. The van der Waals surface area contributed by atoms with Crippen molar-refractivity contribution in [3.63, 3.8) is 0 Å². The standard InChI is InChI=1S/C17H11N3O4/c21-17-13-3-1-11(9-19-6-5-18-10-19)7-15(13)24-16-8-12(20(22)23)2-4-14(16)17/h1-8,10H,9H2. The van der Waals surface area contributed by atoms with Gasteiger partial charge in [-0.3, -0.25) is 14.9 Å². The fraction of sp³-hybridized carbons (Fsp3) is 0.0588. The van der Waals surface area contributed by atoms with Gasteiger partial charge in [0.25, 0.3) is 5.69 Å². The first-order valence-electron chi connectivity index (χ1n) is 7.21. The Kier molecular flexibility index (Phi) is 3.13. The molecule has 7 heteroatoms. The van der Waals surface area contributed by atoms with Crippen molar-refractivity contribution < 1.29 is 9.34 Å². The summed E-state index contributed by atoms with van der Waals surface area (Å²) >= 11 is 0. The highest BCUT2D eigenvalue weighted by atomic mass is 16.6. The fourth-order valence-electron chi connectivity index (χ4n) is 2.69. The Labute approximate surface area is 134 Å². The van der Waals surface area contributed by atoms with Crippen LogP contribution in [0.2, 0.25) is 0 Å². The Balaban J connectivity index is 1.90. The van der Waals surface area contributed by atoms with Crippen molar-refractivity contribution in [2.24, 2.45) is 0 Å². The van der Waals surface area contributed by atoms with E-state index in [0.29, 0.717) is 22.9 Å². The maximum atomic E-state index is 12.6. The lowest BCUT2D eigenvalue weighted by molar-refractivity contribution is -0.384. The summed E-state index contributed by atoms with van der Waals surface area (Å²) in [7, 11) is 0. The van der Waals surface area contributed by atoms with Crippen molar-refractivity contribution in [2.75, 3.05) is 0 Å². The molecule has 7 nitrogen and oxygen atoms in total. The van der Waals surface area contributed by atoms with Crippen LogP contribution in [0.5, 0.6) is 0 Å². The van der Waals surface area contributed by atoms with Crippen LogP contribution in [0.15, 0.2) is 64.3 Å². The number of aromatic nitrogens is 2. The Morgan fingerprint density at radius 1 is 1.12 bits per heavy atom. The first kappa shape index (κ1) is 14.1. The summed E-state index contributed by atoms with van der Waals surface area (Å²) in [5, 5.41) is 11.7. The molecule has 24 heavy (non-hydrogen) atoms. The second kappa shape index (κ2) is 5.31. The van der Waals surface area contributed by atoms with E-state index in [1.54, 1.807) is 24.7 Å². The number of rotatable bonds is 3. The topological polar surface area (TPSA) is 91.2 Å². The van der Waals surface area contributed by atoms with Gasteiger partial charge in [0.2, 0.25) is 5.43 Å². The predicted octanol–water partition coefficient (Wildman–Crippen LogP) is 3.10. The molecule has 0 aliphatic heterocycles. The molecule has 0 saturated carbocycles. The molecule has 0 aliphatic rings. The molecule has 2 heterocycles. The van der Waals surface area contributed by atoms with Gasteiger partial charge in [-0.05, 0) is 23.8 Å². The van der Waals surface area contributed by atoms with Crippen LogP contribution in [0, 0.1) is 10.1 Å². The van der Waals surface area contributed by atoms with E-state index in [-0.39, 0.29) is 16.7 Å². The van der Waals surface area contributed by atoms with Crippen LogP contribution in [-0.4, -0.2) is 14.5 Å². The Hall–Kier alpha value is -3.48. The Morgan fingerprint density at radius 3 is 2.58 bits per heavy atom. The van der Waals surface area contributed by atoms with Gasteiger partial charge in [0.1, 0.15) is 11.2 Å². The summed E-state index contributed by atoms with van der Waals surface area (Å²) in [5.74, 6) is 0. The van der Waals surface area contributed by atoms with E-state index < -0.39 is 4.92 Å². The third-order valence-corrected chi connectivity index (χ3v) is 3.86. The second-order valence-corrected chi connectivity index (χ2v) is 5.43. The summed E-state index contributed by atoms with van der Waals surface area (Å²) < 4.78 is 7.64. The van der Waals surface area contributed by atoms with Gasteiger partial charge in [-0.2, -0.15) is 0 Å². The number of non-ortho nitro benzene ring substituents is 1. The molecule has 2 aromatic heterocycles. The van der Waals surface area contributed by atoms with Gasteiger partial charge in [-0.15, -0.1) is 0 Å². The number of fused-ring (bicyclic) bond motifs is 2. The number of nitro benzene ring substituents is 1. The molecule has 0 fully saturated rings. The van der Waals surface area contributed by atoms with Crippen molar-refractivity contribution in [1.82, 2.24) is 9.55 Å². The van der Waals surface area contributed by atoms with Gasteiger partial charge in [-0.1, -0.05) is 6.07 Å². The molecule has 0 atom stereocenters. The molecular weight excluding hydrogens is 310 g/mol. The molecule has 0 N–H and O–H groups in total. The fourth-order valence-corrected chi connectivity index (χ4v) is 2.69. The quantitative estimate of drug-likeness (QED) is 0.328. The molecule has 0 radical (unpaired) electrons. The van der Waals surface area contributed by atoms with Crippen molar-refractivity contribution in [1.29, 1.82) is 0 Å². The lowest BCUT2D eigenvalue weighted by atomic mass is 10.1. The molecule has 118 valence electrons. The van der Waals surface area contributed by atoms with Crippen LogP contribution >= 0.6 is 0 Å². The average molecular weight is 321 g/mol. The highest BCUT2D eigenvalue weighted by Gasteiger charge is 2.13. The van der Waals surface area contributed by atoms with Gasteiger partial charge in [0, 0.05) is 25.0 Å². The smallest absolute Gasteiger partial charge is 0.273 e. The average Bonchev–Trinajstić information content (AvgIpc) is 3.07. The number of hydrogen-bond acceptors (Lipinski definition) is 5. The molecule has 0 saturated heterocycles. The summed E-state index contributed by atoms with van der Waals surface area (Å²) in [6, 6.07) is 9.36. The van der Waals surface area contributed by atoms with Crippen LogP contribution in [0.3, 0.4) is 0 Å². The summed E-state index contributed by atoms with van der Waals surface area (Å²) in [6.45, 7) is 0.590. The van der Waals surface area contributed by atoms with Gasteiger partial charge in [0.05, 0.1) is 28.1 Å². The van der Waals surface area contributed by atoms with Crippen molar-refractivity contribution in [3.8, 4) is 0 Å². The molecule has 0 amide bonds. The zero-order chi connectivity index (χ0) is 16.7. The third-order valence-electron chi connectivity index (χ3n) is 3.86. The number of nitro groups is 1. The molecule has 0 unspecified atom stereocenters. The number of benzene rings is 2. The summed E-state index contributed by atoms with van der Waals surface area (Å²) in [5.41, 5.74) is 1.25. The maximum Gasteiger partial charge on any atom is 0.273 e. The van der Waals surface area contributed by atoms with E-state index in [2.05, 4.69) is 4.98 Å². The van der Waals surface area contributed by atoms with Crippen LogP contribution in [0.1, 0.15) is 5.56 Å². The van der Waals surface area contributed by atoms with E-state index in [0.717, 1.165) is 5.56 Å². The van der Waals surface area contributed by atoms with Crippen molar-refractivity contribution >= 4 is 27.6 Å². The minimum atomic E-state index is -0.515. The lowest BCUT2D eigenvalue weighted by Gasteiger charge is -2.05. The molecule has 2 aromatic carbocycles. The number of nitrogens with zero attached hydrogens (tertiary/aromatic N) is 3. The van der Waals surface area contributed by atoms with Crippen molar-refractivity contribution in [3.05, 3.63) is 81.0 Å². The third kappa shape index (κ3) is 2.32. The minimum absolute atomic E-state index is 0.112. The van der Waals surface area contributed by atoms with Crippen LogP contribution < -0.4 is 5.43 Å². The van der Waals surface area contributed by atoms with Crippen LogP contribution in [-0.2, 0) is 6.54 Å². The van der Waals surface area contributed by atoms with Crippen LogP contribution in [0.25, 0.3) is 21.9 Å². The van der Waals surface area contributed by atoms with Crippen LogP contribution in [0.4, 0.5) is 5.69 Å². The summed E-state index contributed by atoms with van der Waals surface area (Å²) in [4.78, 5) is 26.9. The summed E-state index contributed by atoms with van der Waals surface area (Å²) in [6.07, 6.45) is 5.22. The van der Waals surface area contributed by atoms with Gasteiger partial charge in [-0.25, -0.2) is 4.98 Å². The zero-order valence-corrected chi connectivity index (χ0v) is 12.4. The second-order valence-electron chi connectivity index (χ2n) is 5.43. The monoisotopic (exact) mass is 321 g/mol. The predicted molar refractivity (Wildman–Crippen MR) is 88.0 cm³/mol. The zero-order valence-electron chi connectivity index (χ0n) is 12.4. The molecule has 4 rings (SSSR count). The SMILES string of the molecule is O=c1c2ccc(Cn3ccnc3)cc2oc2cc([N+](=O)[O-])ccc12. The highest BCUT2D eigenvalue weighted by Crippen LogP contribution is 2.23. The normalized spacial score (nSPS) is 11.2. The minimum Gasteiger partial charge on any atom is -0.456 e. The van der Waals surface area contributed by atoms with E-state index in [4.69, 9.17) is 4.42 Å². The maximum absolute atomic E-state index is 12.6. The molecule has 0 aliphatic carbocycles. The van der Waals surface area contributed by atoms with E-state index in [1.807, 2.05) is 16.8 Å². The highest BCUT2D eigenvalue weighted by molar-refractivity contribution is 5.90. The van der Waals surface area contributed by atoms with Crippen molar-refractivity contribution in [2.45, 2.75) is 6.54 Å². The lowest BCUT2D eigenvalue weighted by Crippen LogP contribution is -2.03. The van der Waals surface area contributed by atoms with E-state index >= 15 is 0 Å². The first-order chi connectivity index (χ1) is 11.6. The largest absolute Gasteiger partial charge is 0.456 e. The van der Waals surface area contributed by atoms with E-state index in [1.165, 1.54) is 18.2 Å². The molecular formula is C17H11N3O4. The van der Waals surface area contributed by atoms with E-state index in [9.17, 15) is 14.9 Å². The number of imidazole rings is 1.